The monoisotopic (exact) mass is 685 g/mol. The molecule has 6 N–H and O–H groups in total. The molecule has 1 amide bonds. The van der Waals surface area contributed by atoms with Gasteiger partial charge >= 0.3 is 23.9 Å². The SMILES string of the molecule is [N-]=[N+]=NCO[C@H]1C[C@H](n2cc(C#CCNC(=O)CCS)c3c(N)ncnc32)O[C@@H]1CO[P+](=O)OP(=O)(O)OP(=O)(O)OO. The lowest BCUT2D eigenvalue weighted by atomic mass is 10.2. The summed E-state index contributed by atoms with van der Waals surface area (Å²) in [4.78, 5) is 40.9. The van der Waals surface area contributed by atoms with Crippen LogP contribution >= 0.6 is 36.5 Å². The van der Waals surface area contributed by atoms with Gasteiger partial charge in [-0.2, -0.15) is 16.9 Å². The smallest absolute Gasteiger partial charge is 0.383 e. The molecule has 2 aromatic heterocycles. The van der Waals surface area contributed by atoms with Gasteiger partial charge in [0, 0.05) is 28.5 Å². The van der Waals surface area contributed by atoms with Gasteiger partial charge in [0.1, 0.15) is 43.5 Å². The molecule has 1 aliphatic rings. The van der Waals surface area contributed by atoms with Gasteiger partial charge in [0.2, 0.25) is 5.91 Å². The average molecular weight is 685 g/mol. The number of nitrogen functional groups attached to an aromatic ring is 1. The van der Waals surface area contributed by atoms with Crippen molar-refractivity contribution in [2.75, 3.05) is 31.4 Å². The number of carbonyl (C=O) groups excluding carboxylic acids is 1. The van der Waals surface area contributed by atoms with E-state index in [9.17, 15) is 23.4 Å². The lowest BCUT2D eigenvalue weighted by Gasteiger charge is -2.15. The summed E-state index contributed by atoms with van der Waals surface area (Å²) in [6.45, 7) is -0.953. The molecule has 3 heterocycles. The minimum Gasteiger partial charge on any atom is -0.383 e. The molecule has 25 heteroatoms. The van der Waals surface area contributed by atoms with Crippen LogP contribution in [0, 0.1) is 11.8 Å². The maximum Gasteiger partial charge on any atom is 0.708 e. The van der Waals surface area contributed by atoms with Crippen molar-refractivity contribution in [3.63, 3.8) is 0 Å². The number of nitrogens with one attached hydrogen (secondary N) is 1. The maximum atomic E-state index is 12.1. The minimum atomic E-state index is -5.50. The fraction of sp³-hybridized carbons (Fsp3) is 0.500. The molecule has 21 nitrogen and oxygen atoms in total. The number of rotatable bonds is 15. The zero-order valence-electron chi connectivity index (χ0n) is 21.6. The van der Waals surface area contributed by atoms with Crippen molar-refractivity contribution in [2.24, 2.45) is 5.11 Å². The topological polar surface area (TPSA) is 302 Å². The van der Waals surface area contributed by atoms with E-state index in [1.54, 1.807) is 10.8 Å². The van der Waals surface area contributed by atoms with Gasteiger partial charge in [-0.1, -0.05) is 17.0 Å². The number of anilines is 1. The minimum absolute atomic E-state index is 0.0521. The first-order chi connectivity index (χ1) is 20.4. The lowest BCUT2D eigenvalue weighted by molar-refractivity contribution is -0.157. The quantitative estimate of drug-likeness (QED) is 0.0229. The second-order valence-corrected chi connectivity index (χ2v) is 12.6. The molecule has 43 heavy (non-hydrogen) atoms. The zero-order valence-corrected chi connectivity index (χ0v) is 25.2. The van der Waals surface area contributed by atoms with E-state index in [0.29, 0.717) is 22.3 Å². The fourth-order valence-corrected chi connectivity index (χ4v) is 6.53. The second-order valence-electron chi connectivity index (χ2n) is 8.09. The number of phosphoric acid groups is 2. The Morgan fingerprint density at radius 1 is 1.40 bits per heavy atom. The van der Waals surface area contributed by atoms with E-state index in [-0.39, 0.29) is 31.1 Å². The second kappa shape index (κ2) is 15.9. The first-order valence-corrected chi connectivity index (χ1v) is 16.4. The molecule has 0 aliphatic carbocycles. The van der Waals surface area contributed by atoms with E-state index in [4.69, 9.17) is 35.4 Å². The van der Waals surface area contributed by atoms with Crippen LogP contribution in [0.2, 0.25) is 0 Å². The van der Waals surface area contributed by atoms with Crippen LogP contribution in [-0.4, -0.2) is 73.3 Å². The number of amides is 1. The lowest BCUT2D eigenvalue weighted by Crippen LogP contribution is -2.28. The first-order valence-electron chi connectivity index (χ1n) is 11.6. The van der Waals surface area contributed by atoms with Gasteiger partial charge in [-0.3, -0.25) is 9.69 Å². The highest BCUT2D eigenvalue weighted by Crippen LogP contribution is 2.63. The largest absolute Gasteiger partial charge is 0.708 e. The molecule has 6 atom stereocenters. The standard InChI is InChI=1S/C18H23N8O13P3S/c19-17-16-11(2-1-4-21-14(27)3-5-43)7-26(18(16)23-9-22-17)15-6-12(34-10-24-25-20)13(36-15)8-35-40(29)38-42(32,33)39-41(30,31)37-28/h7,9,12-13,15H,3-6,8,10H2,(H6-,19,21,22,23,27,28,30,31,32,33,43)/p+1/t12-,13+,15+/m0/s1. The van der Waals surface area contributed by atoms with Crippen LogP contribution in [0.4, 0.5) is 5.82 Å². The van der Waals surface area contributed by atoms with Crippen molar-refractivity contribution >= 4 is 59.3 Å². The number of ether oxygens (including phenoxy) is 2. The van der Waals surface area contributed by atoms with E-state index in [2.05, 4.69) is 63.1 Å². The molecule has 1 aliphatic heterocycles. The Balaban J connectivity index is 1.78. The fourth-order valence-electron chi connectivity index (χ4n) is 3.65. The number of hydrogen-bond donors (Lipinski definition) is 6. The highest BCUT2D eigenvalue weighted by molar-refractivity contribution is 7.80. The first kappa shape index (κ1) is 34.8. The normalized spacial score (nSPS) is 21.2. The predicted molar refractivity (Wildman–Crippen MR) is 147 cm³/mol. The van der Waals surface area contributed by atoms with Gasteiger partial charge in [-0.25, -0.2) is 24.4 Å². The van der Waals surface area contributed by atoms with Crippen molar-refractivity contribution < 1.29 is 60.8 Å². The molecular weight excluding hydrogens is 661 g/mol. The van der Waals surface area contributed by atoms with Gasteiger partial charge in [0.25, 0.3) is 0 Å². The van der Waals surface area contributed by atoms with Crippen molar-refractivity contribution in [3.05, 3.63) is 28.5 Å². The predicted octanol–water partition coefficient (Wildman–Crippen LogP) is 2.14. The highest BCUT2D eigenvalue weighted by Gasteiger charge is 2.46. The molecule has 234 valence electrons. The van der Waals surface area contributed by atoms with E-state index in [1.807, 2.05) is 0 Å². The summed E-state index contributed by atoms with van der Waals surface area (Å²) in [5.41, 5.74) is 15.4. The Kier molecular flexibility index (Phi) is 12.8. The van der Waals surface area contributed by atoms with Crippen LogP contribution in [0.3, 0.4) is 0 Å². The summed E-state index contributed by atoms with van der Waals surface area (Å²) in [5, 5.41) is 14.5. The third-order valence-corrected chi connectivity index (χ3v) is 9.10. The highest BCUT2D eigenvalue weighted by atomic mass is 32.1. The number of fused-ring (bicyclic) bond motifs is 1. The Bertz CT molecular complexity index is 1540. The van der Waals surface area contributed by atoms with Crippen LogP contribution in [0.15, 0.2) is 17.6 Å². The van der Waals surface area contributed by atoms with E-state index >= 15 is 0 Å². The summed E-state index contributed by atoms with van der Waals surface area (Å²) in [7, 11) is -14.4. The molecular formula is C18H24N8O13P3S+. The molecule has 0 radical (unpaired) electrons. The third kappa shape index (κ3) is 10.2. The van der Waals surface area contributed by atoms with Gasteiger partial charge < -0.3 is 30.0 Å². The Hall–Kier alpha value is -2.69. The van der Waals surface area contributed by atoms with Crippen LogP contribution in [-0.2, 0) is 45.8 Å². The number of nitrogens with zero attached hydrogens (tertiary/aromatic N) is 6. The molecule has 1 saturated heterocycles. The molecule has 3 unspecified atom stereocenters. The Morgan fingerprint density at radius 2 is 2.16 bits per heavy atom. The number of carbonyl (C=O) groups is 1. The Morgan fingerprint density at radius 3 is 2.86 bits per heavy atom. The number of thiol groups is 1. The van der Waals surface area contributed by atoms with Crippen molar-refractivity contribution in [2.45, 2.75) is 31.3 Å². The number of hydrogen-bond acceptors (Lipinski definition) is 16. The summed E-state index contributed by atoms with van der Waals surface area (Å²) in [6, 6.07) is 0. The molecule has 0 bridgehead atoms. The number of nitrogens with two attached hydrogens (primary N) is 1. The molecule has 1 fully saturated rings. The van der Waals surface area contributed by atoms with Crippen LogP contribution in [0.25, 0.3) is 21.5 Å². The molecule has 0 saturated carbocycles. The molecule has 0 spiro atoms. The van der Waals surface area contributed by atoms with Gasteiger partial charge in [-0.05, 0) is 15.6 Å². The van der Waals surface area contributed by atoms with E-state index in [0.717, 1.165) is 0 Å². The summed E-state index contributed by atoms with van der Waals surface area (Å²) >= 11 is 4.00. The van der Waals surface area contributed by atoms with Crippen molar-refractivity contribution in [1.82, 2.24) is 19.9 Å². The van der Waals surface area contributed by atoms with Crippen molar-refractivity contribution in [3.8, 4) is 11.8 Å². The summed E-state index contributed by atoms with van der Waals surface area (Å²) in [6.07, 6.45) is 0.391. The van der Waals surface area contributed by atoms with Gasteiger partial charge in [0.05, 0.1) is 23.6 Å². The Labute approximate surface area is 248 Å². The molecule has 3 rings (SSSR count). The van der Waals surface area contributed by atoms with Crippen LogP contribution in [0.1, 0.15) is 24.6 Å². The number of aromatic nitrogens is 3. The zero-order chi connectivity index (χ0) is 31.6. The number of azide groups is 1. The van der Waals surface area contributed by atoms with Crippen LogP contribution < -0.4 is 11.1 Å². The maximum absolute atomic E-state index is 12.1. The van der Waals surface area contributed by atoms with Gasteiger partial charge in [-0.15, -0.1) is 9.20 Å². The third-order valence-electron chi connectivity index (χ3n) is 5.30. The molecule has 2 aromatic rings. The van der Waals surface area contributed by atoms with E-state index < -0.39 is 55.7 Å². The van der Waals surface area contributed by atoms with Crippen LogP contribution in [0.5, 0.6) is 0 Å². The summed E-state index contributed by atoms with van der Waals surface area (Å²) in [5.74, 6) is 6.00. The van der Waals surface area contributed by atoms with Crippen molar-refractivity contribution in [1.29, 1.82) is 0 Å². The van der Waals surface area contributed by atoms with E-state index in [1.165, 1.54) is 6.33 Å². The van der Waals surface area contributed by atoms with Gasteiger partial charge in [0.15, 0.2) is 0 Å². The average Bonchev–Trinajstić information content (AvgIpc) is 3.51. The molecule has 0 aromatic carbocycles. The summed E-state index contributed by atoms with van der Waals surface area (Å²) < 4.78 is 63.8.